The number of hydrogen-bond acceptors (Lipinski definition) is 0. The van der Waals surface area contributed by atoms with E-state index in [1.54, 1.807) is 0 Å². The molecular formula is C17H16N. The molecule has 1 aromatic heterocycles. The van der Waals surface area contributed by atoms with Crippen molar-refractivity contribution in [3.05, 3.63) is 71.4 Å². The van der Waals surface area contributed by atoms with Gasteiger partial charge in [-0.2, -0.15) is 0 Å². The predicted octanol–water partition coefficient (Wildman–Crippen LogP) is 3.88. The highest BCUT2D eigenvalue weighted by Crippen LogP contribution is 2.21. The van der Waals surface area contributed by atoms with Crippen LogP contribution in [0.2, 0.25) is 0 Å². The van der Waals surface area contributed by atoms with Crippen LogP contribution >= 0.6 is 0 Å². The molecule has 0 saturated heterocycles. The highest BCUT2D eigenvalue weighted by molar-refractivity contribution is 5.83. The normalized spacial score (nSPS) is 11.0. The van der Waals surface area contributed by atoms with Gasteiger partial charge in [0.25, 0.3) is 0 Å². The maximum absolute atomic E-state index is 3.29. The largest absolute Gasteiger partial charge is 0.350 e. The van der Waals surface area contributed by atoms with Crippen LogP contribution in [-0.4, -0.2) is 4.57 Å². The summed E-state index contributed by atoms with van der Waals surface area (Å²) in [4.78, 5) is 0. The molecule has 0 atom stereocenters. The molecule has 0 N–H and O–H groups in total. The van der Waals surface area contributed by atoms with Crippen LogP contribution in [0.3, 0.4) is 0 Å². The number of aryl methyl sites for hydroxylation is 2. The zero-order valence-corrected chi connectivity index (χ0v) is 10.8. The number of hydrogen-bond donors (Lipinski definition) is 0. The fraction of sp³-hybridized carbons (Fsp3) is 0.176. The van der Waals surface area contributed by atoms with Crippen LogP contribution < -0.4 is 0 Å². The van der Waals surface area contributed by atoms with Gasteiger partial charge in [-0.25, -0.2) is 0 Å². The first-order valence-corrected chi connectivity index (χ1v) is 6.24. The van der Waals surface area contributed by atoms with E-state index in [2.05, 4.69) is 67.1 Å². The Hall–Kier alpha value is -2.02. The highest BCUT2D eigenvalue weighted by atomic mass is 14.9. The second-order valence-electron chi connectivity index (χ2n) is 4.86. The molecule has 0 saturated carbocycles. The van der Waals surface area contributed by atoms with Gasteiger partial charge in [-0.15, -0.1) is 0 Å². The summed E-state index contributed by atoms with van der Waals surface area (Å²) >= 11 is 0. The summed E-state index contributed by atoms with van der Waals surface area (Å²) in [6.45, 7) is 2.12. The van der Waals surface area contributed by atoms with E-state index < -0.39 is 0 Å². The van der Waals surface area contributed by atoms with Crippen molar-refractivity contribution in [2.75, 3.05) is 0 Å². The Kier molecular flexibility index (Phi) is 2.67. The van der Waals surface area contributed by atoms with Crippen LogP contribution in [0.5, 0.6) is 0 Å². The number of rotatable bonds is 2. The maximum atomic E-state index is 3.29. The topological polar surface area (TPSA) is 4.93 Å². The van der Waals surface area contributed by atoms with Crippen LogP contribution in [0.15, 0.2) is 48.7 Å². The van der Waals surface area contributed by atoms with Gasteiger partial charge in [0.05, 0.1) is 5.52 Å². The van der Waals surface area contributed by atoms with E-state index in [4.69, 9.17) is 0 Å². The molecule has 2 aromatic carbocycles. The van der Waals surface area contributed by atoms with E-state index in [0.717, 1.165) is 6.42 Å². The molecule has 0 aliphatic carbocycles. The first kappa shape index (κ1) is 11.1. The SMILES string of the molecule is Cc1ccc(Cc2cccc3[c]cn(C)c23)cc1. The van der Waals surface area contributed by atoms with Crippen molar-refractivity contribution in [3.63, 3.8) is 0 Å². The summed E-state index contributed by atoms with van der Waals surface area (Å²) in [7, 11) is 2.08. The standard InChI is InChI=1S/C17H16N/c1-13-6-8-14(9-7-13)12-16-5-3-4-15-10-11-18(2)17(15)16/h3-9,11H,12H2,1-2H3. The molecule has 18 heavy (non-hydrogen) atoms. The van der Waals surface area contributed by atoms with E-state index in [0.29, 0.717) is 0 Å². The quantitative estimate of drug-likeness (QED) is 0.634. The molecule has 0 aliphatic heterocycles. The van der Waals surface area contributed by atoms with Gasteiger partial charge < -0.3 is 4.57 Å². The summed E-state index contributed by atoms with van der Waals surface area (Å²) < 4.78 is 2.15. The van der Waals surface area contributed by atoms with Crippen LogP contribution in [0.1, 0.15) is 16.7 Å². The van der Waals surface area contributed by atoms with Crippen LogP contribution in [0.4, 0.5) is 0 Å². The fourth-order valence-electron chi connectivity index (χ4n) is 2.42. The zero-order valence-electron chi connectivity index (χ0n) is 10.8. The van der Waals surface area contributed by atoms with Crippen LogP contribution in [-0.2, 0) is 13.5 Å². The van der Waals surface area contributed by atoms with Crippen molar-refractivity contribution in [1.82, 2.24) is 4.57 Å². The third-order valence-corrected chi connectivity index (χ3v) is 3.40. The Balaban J connectivity index is 2.04. The molecule has 3 rings (SSSR count). The minimum absolute atomic E-state index is 0.976. The molecule has 89 valence electrons. The van der Waals surface area contributed by atoms with Gasteiger partial charge in [0.2, 0.25) is 0 Å². The Bertz CT molecular complexity index is 674. The average molecular weight is 234 g/mol. The van der Waals surface area contributed by atoms with Gasteiger partial charge in [-0.05, 0) is 24.5 Å². The Morgan fingerprint density at radius 3 is 2.61 bits per heavy atom. The molecule has 1 heterocycles. The van der Waals surface area contributed by atoms with Crippen molar-refractivity contribution in [3.8, 4) is 0 Å². The summed E-state index contributed by atoms with van der Waals surface area (Å²) in [5.74, 6) is 0. The van der Waals surface area contributed by atoms with E-state index in [1.807, 2.05) is 6.20 Å². The van der Waals surface area contributed by atoms with E-state index in [-0.39, 0.29) is 0 Å². The summed E-state index contributed by atoms with van der Waals surface area (Å²) in [5.41, 5.74) is 5.32. The molecular weight excluding hydrogens is 218 g/mol. The molecule has 0 fully saturated rings. The fourth-order valence-corrected chi connectivity index (χ4v) is 2.42. The monoisotopic (exact) mass is 234 g/mol. The van der Waals surface area contributed by atoms with Crippen LogP contribution in [0.25, 0.3) is 10.9 Å². The minimum Gasteiger partial charge on any atom is -0.350 e. The number of para-hydroxylation sites is 1. The molecule has 1 nitrogen and oxygen atoms in total. The molecule has 0 amide bonds. The van der Waals surface area contributed by atoms with E-state index >= 15 is 0 Å². The lowest BCUT2D eigenvalue weighted by atomic mass is 10.0. The summed E-state index contributed by atoms with van der Waals surface area (Å²) in [6.07, 6.45) is 2.98. The van der Waals surface area contributed by atoms with Crippen molar-refractivity contribution >= 4 is 10.9 Å². The van der Waals surface area contributed by atoms with Crippen molar-refractivity contribution in [2.45, 2.75) is 13.3 Å². The predicted molar refractivity (Wildman–Crippen MR) is 75.7 cm³/mol. The molecule has 3 aromatic rings. The van der Waals surface area contributed by atoms with Gasteiger partial charge in [0.15, 0.2) is 0 Å². The summed E-state index contributed by atoms with van der Waals surface area (Å²) in [6, 6.07) is 18.5. The maximum Gasteiger partial charge on any atom is 0.0520 e. The van der Waals surface area contributed by atoms with Gasteiger partial charge in [-0.1, -0.05) is 48.0 Å². The lowest BCUT2D eigenvalue weighted by Crippen LogP contribution is -1.94. The third kappa shape index (κ3) is 1.92. The number of aromatic nitrogens is 1. The molecule has 1 heteroatoms. The summed E-state index contributed by atoms with van der Waals surface area (Å²) in [5, 5.41) is 1.20. The molecule has 0 aliphatic rings. The smallest absolute Gasteiger partial charge is 0.0520 e. The second-order valence-corrected chi connectivity index (χ2v) is 4.86. The molecule has 0 unspecified atom stereocenters. The Morgan fingerprint density at radius 1 is 1.06 bits per heavy atom. The number of nitrogens with zero attached hydrogens (tertiary/aromatic N) is 1. The Morgan fingerprint density at radius 2 is 1.83 bits per heavy atom. The zero-order chi connectivity index (χ0) is 12.5. The molecule has 1 radical (unpaired) electrons. The van der Waals surface area contributed by atoms with Gasteiger partial charge >= 0.3 is 0 Å². The lowest BCUT2D eigenvalue weighted by molar-refractivity contribution is 0.958. The van der Waals surface area contributed by atoms with E-state index in [1.165, 1.54) is 27.6 Å². The lowest BCUT2D eigenvalue weighted by Gasteiger charge is -2.07. The van der Waals surface area contributed by atoms with Crippen LogP contribution in [0, 0.1) is 13.0 Å². The second kappa shape index (κ2) is 4.34. The minimum atomic E-state index is 0.976. The highest BCUT2D eigenvalue weighted by Gasteiger charge is 2.05. The molecule has 0 bridgehead atoms. The van der Waals surface area contributed by atoms with Gasteiger partial charge in [0, 0.05) is 24.7 Å². The van der Waals surface area contributed by atoms with Crippen molar-refractivity contribution < 1.29 is 0 Å². The van der Waals surface area contributed by atoms with E-state index in [9.17, 15) is 0 Å². The Labute approximate surface area is 108 Å². The average Bonchev–Trinajstić information content (AvgIpc) is 2.75. The van der Waals surface area contributed by atoms with Gasteiger partial charge in [-0.3, -0.25) is 0 Å². The first-order chi connectivity index (χ1) is 8.74. The van der Waals surface area contributed by atoms with Crippen molar-refractivity contribution in [1.29, 1.82) is 0 Å². The number of fused-ring (bicyclic) bond motifs is 1. The van der Waals surface area contributed by atoms with Gasteiger partial charge in [0.1, 0.15) is 0 Å². The third-order valence-electron chi connectivity index (χ3n) is 3.40. The van der Waals surface area contributed by atoms with Crippen molar-refractivity contribution in [2.24, 2.45) is 7.05 Å². The molecule has 0 spiro atoms. The first-order valence-electron chi connectivity index (χ1n) is 6.24. The number of benzene rings is 2.